The number of aromatic nitrogens is 3. The highest BCUT2D eigenvalue weighted by Gasteiger charge is 2.24. The van der Waals surface area contributed by atoms with Crippen LogP contribution in [-0.2, 0) is 19.4 Å². The number of nitrogens with one attached hydrogen (secondary N) is 3. The van der Waals surface area contributed by atoms with E-state index in [0.717, 1.165) is 50.0 Å². The van der Waals surface area contributed by atoms with Crippen LogP contribution in [0.4, 0.5) is 0 Å². The van der Waals surface area contributed by atoms with Crippen LogP contribution in [0, 0.1) is 0 Å². The zero-order chi connectivity index (χ0) is 20.9. The minimum Gasteiger partial charge on any atom is -0.355 e. The average Bonchev–Trinajstić information content (AvgIpc) is 3.14. The fraction of sp³-hybridized carbons (Fsp3) is 0.591. The lowest BCUT2D eigenvalue weighted by Gasteiger charge is -2.32. The summed E-state index contributed by atoms with van der Waals surface area (Å²) in [5, 5.41) is 15.3. The lowest BCUT2D eigenvalue weighted by molar-refractivity contribution is 0.341. The number of aryl methyl sites for hydroxylation is 2. The number of guanidine groups is 1. The lowest BCUT2D eigenvalue weighted by atomic mass is 10.0. The minimum absolute atomic E-state index is 0.0887. The standard InChI is InChI=1S/C22H35N7/c1-6-19-26-20-13-12-18(14-29(20)28-19)25-21(23-5)24-15-22(3,4)27-16(2)17-10-8-7-9-11-17/h7-11,16,18,27H,6,12-15H2,1-5H3,(H2,23,24,25). The minimum atomic E-state index is -0.0887. The van der Waals surface area contributed by atoms with Crippen LogP contribution in [-0.4, -0.2) is 45.9 Å². The van der Waals surface area contributed by atoms with Crippen LogP contribution in [0.3, 0.4) is 0 Å². The quantitative estimate of drug-likeness (QED) is 0.494. The van der Waals surface area contributed by atoms with Crippen LogP contribution in [0.15, 0.2) is 35.3 Å². The highest BCUT2D eigenvalue weighted by Crippen LogP contribution is 2.16. The third-order valence-electron chi connectivity index (χ3n) is 5.39. The van der Waals surface area contributed by atoms with E-state index in [1.165, 1.54) is 5.56 Å². The molecule has 1 aromatic heterocycles. The molecule has 1 aliphatic heterocycles. The van der Waals surface area contributed by atoms with Crippen LogP contribution in [0.5, 0.6) is 0 Å². The Morgan fingerprint density at radius 1 is 1.31 bits per heavy atom. The Morgan fingerprint density at radius 2 is 2.07 bits per heavy atom. The van der Waals surface area contributed by atoms with Crippen molar-refractivity contribution in [3.8, 4) is 0 Å². The molecule has 158 valence electrons. The topological polar surface area (TPSA) is 79.2 Å². The van der Waals surface area contributed by atoms with Crippen molar-refractivity contribution in [1.29, 1.82) is 0 Å². The first-order valence-electron chi connectivity index (χ1n) is 10.6. The predicted molar refractivity (Wildman–Crippen MR) is 118 cm³/mol. The predicted octanol–water partition coefficient (Wildman–Crippen LogP) is 2.45. The van der Waals surface area contributed by atoms with Crippen molar-refractivity contribution in [2.45, 2.75) is 71.1 Å². The van der Waals surface area contributed by atoms with Crippen molar-refractivity contribution in [2.24, 2.45) is 4.99 Å². The smallest absolute Gasteiger partial charge is 0.191 e. The van der Waals surface area contributed by atoms with Crippen molar-refractivity contribution < 1.29 is 0 Å². The largest absolute Gasteiger partial charge is 0.355 e. The fourth-order valence-electron chi connectivity index (χ4n) is 3.78. The number of benzene rings is 1. The summed E-state index contributed by atoms with van der Waals surface area (Å²) in [4.78, 5) is 9.02. The Labute approximate surface area is 174 Å². The molecule has 2 unspecified atom stereocenters. The molecule has 1 aromatic carbocycles. The van der Waals surface area contributed by atoms with Gasteiger partial charge >= 0.3 is 0 Å². The first-order valence-corrected chi connectivity index (χ1v) is 10.6. The van der Waals surface area contributed by atoms with Crippen molar-refractivity contribution in [3.63, 3.8) is 0 Å². The van der Waals surface area contributed by atoms with Gasteiger partial charge in [-0.25, -0.2) is 9.67 Å². The van der Waals surface area contributed by atoms with E-state index >= 15 is 0 Å². The van der Waals surface area contributed by atoms with Gasteiger partial charge in [-0.3, -0.25) is 4.99 Å². The molecule has 3 N–H and O–H groups in total. The molecule has 29 heavy (non-hydrogen) atoms. The highest BCUT2D eigenvalue weighted by molar-refractivity contribution is 5.80. The van der Waals surface area contributed by atoms with Gasteiger partial charge in [0, 0.05) is 44.1 Å². The van der Waals surface area contributed by atoms with Gasteiger partial charge in [0.2, 0.25) is 0 Å². The molecule has 2 heterocycles. The molecule has 3 rings (SSSR count). The van der Waals surface area contributed by atoms with Crippen LogP contribution in [0.1, 0.15) is 57.4 Å². The van der Waals surface area contributed by atoms with Crippen LogP contribution < -0.4 is 16.0 Å². The molecule has 1 aliphatic rings. The summed E-state index contributed by atoms with van der Waals surface area (Å²) in [5.41, 5.74) is 1.20. The molecular weight excluding hydrogens is 362 g/mol. The Kier molecular flexibility index (Phi) is 6.90. The summed E-state index contributed by atoms with van der Waals surface area (Å²) in [6, 6.07) is 11.1. The molecular formula is C22H35N7. The normalized spacial score (nSPS) is 18.2. The molecule has 7 nitrogen and oxygen atoms in total. The average molecular weight is 398 g/mol. The van der Waals surface area contributed by atoms with Gasteiger partial charge in [0.05, 0.1) is 6.54 Å². The number of nitrogens with zero attached hydrogens (tertiary/aromatic N) is 4. The molecule has 0 spiro atoms. The van der Waals surface area contributed by atoms with E-state index in [1.54, 1.807) is 0 Å². The maximum absolute atomic E-state index is 4.59. The summed E-state index contributed by atoms with van der Waals surface area (Å²) in [6.45, 7) is 10.3. The highest BCUT2D eigenvalue weighted by atomic mass is 15.4. The summed E-state index contributed by atoms with van der Waals surface area (Å²) in [6.07, 6.45) is 2.86. The summed E-state index contributed by atoms with van der Waals surface area (Å²) < 4.78 is 2.04. The number of hydrogen-bond donors (Lipinski definition) is 3. The van der Waals surface area contributed by atoms with Crippen LogP contribution in [0.25, 0.3) is 0 Å². The Balaban J connectivity index is 1.51. The lowest BCUT2D eigenvalue weighted by Crippen LogP contribution is -2.54. The maximum atomic E-state index is 4.59. The molecule has 0 radical (unpaired) electrons. The fourth-order valence-corrected chi connectivity index (χ4v) is 3.78. The second-order valence-corrected chi connectivity index (χ2v) is 8.45. The van der Waals surface area contributed by atoms with E-state index in [9.17, 15) is 0 Å². The number of fused-ring (bicyclic) bond motifs is 1. The van der Waals surface area contributed by atoms with Crippen LogP contribution >= 0.6 is 0 Å². The van der Waals surface area contributed by atoms with Crippen molar-refractivity contribution in [2.75, 3.05) is 13.6 Å². The third kappa shape index (κ3) is 5.79. The third-order valence-corrected chi connectivity index (χ3v) is 5.39. The molecule has 0 amide bonds. The van der Waals surface area contributed by atoms with Gasteiger partial charge in [0.1, 0.15) is 5.82 Å². The van der Waals surface area contributed by atoms with Gasteiger partial charge < -0.3 is 16.0 Å². The number of rotatable bonds is 7. The van der Waals surface area contributed by atoms with E-state index < -0.39 is 0 Å². The molecule has 0 fully saturated rings. The monoisotopic (exact) mass is 397 g/mol. The molecule has 2 aromatic rings. The first-order chi connectivity index (χ1) is 13.9. The Hall–Kier alpha value is -2.41. The van der Waals surface area contributed by atoms with Gasteiger partial charge in [0.15, 0.2) is 11.8 Å². The van der Waals surface area contributed by atoms with Gasteiger partial charge in [0.25, 0.3) is 0 Å². The molecule has 7 heteroatoms. The van der Waals surface area contributed by atoms with Gasteiger partial charge in [-0.1, -0.05) is 37.3 Å². The first kappa shape index (κ1) is 21.3. The number of hydrogen-bond acceptors (Lipinski definition) is 4. The molecule has 0 aliphatic carbocycles. The molecule has 0 saturated carbocycles. The second-order valence-electron chi connectivity index (χ2n) is 8.45. The Morgan fingerprint density at radius 3 is 2.76 bits per heavy atom. The zero-order valence-electron chi connectivity index (χ0n) is 18.4. The van der Waals surface area contributed by atoms with E-state index in [2.05, 4.69) is 89.1 Å². The maximum Gasteiger partial charge on any atom is 0.191 e. The van der Waals surface area contributed by atoms with Gasteiger partial charge in [-0.05, 0) is 32.8 Å². The molecule has 0 bridgehead atoms. The molecule has 0 saturated heterocycles. The van der Waals surface area contributed by atoms with Crippen molar-refractivity contribution >= 4 is 5.96 Å². The van der Waals surface area contributed by atoms with E-state index in [0.29, 0.717) is 6.04 Å². The SMILES string of the molecule is CCc1nc2n(n1)CC(NC(=NC)NCC(C)(C)NC(C)c1ccccc1)CC2. The summed E-state index contributed by atoms with van der Waals surface area (Å²) in [5.74, 6) is 2.86. The van der Waals surface area contributed by atoms with Gasteiger partial charge in [-0.2, -0.15) is 5.10 Å². The van der Waals surface area contributed by atoms with E-state index in [4.69, 9.17) is 0 Å². The van der Waals surface area contributed by atoms with Crippen molar-refractivity contribution in [1.82, 2.24) is 30.7 Å². The van der Waals surface area contributed by atoms with E-state index in [1.807, 2.05) is 11.7 Å². The Bertz CT molecular complexity index is 810. The van der Waals surface area contributed by atoms with Crippen molar-refractivity contribution in [3.05, 3.63) is 47.5 Å². The second kappa shape index (κ2) is 9.39. The van der Waals surface area contributed by atoms with Gasteiger partial charge in [-0.15, -0.1) is 0 Å². The number of aliphatic imine (C=N–C) groups is 1. The summed E-state index contributed by atoms with van der Waals surface area (Å²) in [7, 11) is 1.82. The summed E-state index contributed by atoms with van der Waals surface area (Å²) >= 11 is 0. The van der Waals surface area contributed by atoms with E-state index in [-0.39, 0.29) is 11.6 Å². The van der Waals surface area contributed by atoms with Crippen LogP contribution in [0.2, 0.25) is 0 Å². The zero-order valence-corrected chi connectivity index (χ0v) is 18.4. The molecule has 2 atom stereocenters.